The van der Waals surface area contributed by atoms with Crippen LogP contribution >= 0.6 is 0 Å². The molecule has 1 aliphatic rings. The molecule has 138 valence electrons. The van der Waals surface area contributed by atoms with Crippen molar-refractivity contribution in [2.24, 2.45) is 0 Å². The summed E-state index contributed by atoms with van der Waals surface area (Å²) >= 11 is 0. The van der Waals surface area contributed by atoms with Gasteiger partial charge in [-0.05, 0) is 0 Å². The molecule has 26 heavy (non-hydrogen) atoms. The van der Waals surface area contributed by atoms with Gasteiger partial charge in [0.1, 0.15) is 0 Å². The molecule has 1 aliphatic heterocycles. The summed E-state index contributed by atoms with van der Waals surface area (Å²) in [7, 11) is 6.00. The van der Waals surface area contributed by atoms with Gasteiger partial charge in [0.25, 0.3) is 0 Å². The molecule has 1 aromatic heterocycles. The number of carbonyl (C=O) groups excluding carboxylic acids is 1. The lowest BCUT2D eigenvalue weighted by molar-refractivity contribution is 0.123. The van der Waals surface area contributed by atoms with Gasteiger partial charge in [-0.25, -0.2) is 14.8 Å². The fraction of sp³-hybridized carbons (Fsp3) is 0.353. The van der Waals surface area contributed by atoms with E-state index in [9.17, 15) is 4.79 Å². The Morgan fingerprint density at radius 3 is 2.35 bits per heavy atom. The Kier molecular flexibility index (Phi) is 4.97. The molecule has 0 saturated heterocycles. The van der Waals surface area contributed by atoms with Gasteiger partial charge in [0.2, 0.25) is 11.7 Å². The molecule has 0 aliphatic carbocycles. The molecule has 0 fully saturated rings. The molecule has 1 amide bonds. The van der Waals surface area contributed by atoms with Crippen molar-refractivity contribution in [3.05, 3.63) is 29.6 Å². The number of methoxy groups -OCH3 is 4. The highest BCUT2D eigenvalue weighted by atomic mass is 16.5. The van der Waals surface area contributed by atoms with E-state index >= 15 is 0 Å². The van der Waals surface area contributed by atoms with Crippen molar-refractivity contribution in [2.75, 3.05) is 33.8 Å². The van der Waals surface area contributed by atoms with Crippen LogP contribution in [0, 0.1) is 0 Å². The van der Waals surface area contributed by atoms with Crippen LogP contribution in [0.4, 0.5) is 16.4 Å². The monoisotopic (exact) mass is 360 g/mol. The number of carbonyl (C=O) groups is 1. The molecule has 3 rings (SSSR count). The Morgan fingerprint density at radius 1 is 1.08 bits per heavy atom. The van der Waals surface area contributed by atoms with Crippen molar-refractivity contribution in [1.29, 1.82) is 0 Å². The minimum atomic E-state index is -0.387. The maximum Gasteiger partial charge on any atom is 0.410 e. The number of hydrogen-bond donors (Lipinski definition) is 1. The first-order chi connectivity index (χ1) is 12.6. The first-order valence-corrected chi connectivity index (χ1v) is 7.84. The summed E-state index contributed by atoms with van der Waals surface area (Å²) in [5.74, 6) is 1.95. The number of hydrogen-bond acceptors (Lipinski definition) is 8. The molecule has 0 spiro atoms. The van der Waals surface area contributed by atoms with Crippen molar-refractivity contribution in [3.8, 4) is 17.2 Å². The van der Waals surface area contributed by atoms with Gasteiger partial charge in [-0.2, -0.15) is 0 Å². The highest BCUT2D eigenvalue weighted by Crippen LogP contribution is 2.40. The maximum atomic E-state index is 11.7. The van der Waals surface area contributed by atoms with Gasteiger partial charge in [-0.3, -0.25) is 4.90 Å². The van der Waals surface area contributed by atoms with Gasteiger partial charge >= 0.3 is 6.09 Å². The summed E-state index contributed by atoms with van der Waals surface area (Å²) in [6.45, 7) is 0.820. The predicted molar refractivity (Wildman–Crippen MR) is 93.1 cm³/mol. The smallest absolute Gasteiger partial charge is 0.410 e. The number of anilines is 2. The number of aromatic nitrogens is 2. The lowest BCUT2D eigenvalue weighted by atomic mass is 10.2. The highest BCUT2D eigenvalue weighted by Gasteiger charge is 2.26. The first-order valence-electron chi connectivity index (χ1n) is 7.84. The largest absolute Gasteiger partial charge is 0.493 e. The van der Waals surface area contributed by atoms with Crippen LogP contribution in [0.2, 0.25) is 0 Å². The summed E-state index contributed by atoms with van der Waals surface area (Å²) in [4.78, 5) is 22.0. The molecule has 0 unspecified atom stereocenters. The molecule has 0 bridgehead atoms. The van der Waals surface area contributed by atoms with Crippen LogP contribution < -0.4 is 19.5 Å². The summed E-state index contributed by atoms with van der Waals surface area (Å²) in [5, 5.41) is 3.12. The van der Waals surface area contributed by atoms with E-state index in [4.69, 9.17) is 18.9 Å². The molecule has 0 saturated carbocycles. The van der Waals surface area contributed by atoms with Crippen LogP contribution in [0.3, 0.4) is 0 Å². The quantitative estimate of drug-likeness (QED) is 0.868. The number of fused-ring (bicyclic) bond motifs is 1. The Labute approximate surface area is 150 Å². The van der Waals surface area contributed by atoms with Crippen LogP contribution in [-0.4, -0.2) is 49.4 Å². The lowest BCUT2D eigenvalue weighted by Gasteiger charge is -2.14. The lowest BCUT2D eigenvalue weighted by Crippen LogP contribution is -2.24. The van der Waals surface area contributed by atoms with Crippen LogP contribution in [-0.2, 0) is 17.8 Å². The molecule has 2 aromatic rings. The fourth-order valence-electron chi connectivity index (χ4n) is 2.75. The number of amides is 1. The summed E-state index contributed by atoms with van der Waals surface area (Å²) in [6, 6.07) is 3.53. The molecule has 9 nitrogen and oxygen atoms in total. The molecule has 0 radical (unpaired) electrons. The van der Waals surface area contributed by atoms with Crippen molar-refractivity contribution in [1.82, 2.24) is 14.9 Å². The van der Waals surface area contributed by atoms with Gasteiger partial charge in [0.05, 0.1) is 47.2 Å². The highest BCUT2D eigenvalue weighted by molar-refractivity contribution is 5.69. The fourth-order valence-corrected chi connectivity index (χ4v) is 2.75. The van der Waals surface area contributed by atoms with Gasteiger partial charge in [-0.15, -0.1) is 0 Å². The second kappa shape index (κ2) is 7.34. The zero-order valence-electron chi connectivity index (χ0n) is 15.0. The summed E-state index contributed by atoms with van der Waals surface area (Å²) in [6.07, 6.45) is 1.31. The van der Waals surface area contributed by atoms with Crippen LogP contribution in [0.1, 0.15) is 11.3 Å². The standard InChI is InChI=1S/C17H20N4O5/c1-23-13-5-11(6-14(24-2)15(13)25-3)19-16-18-7-10-8-21(17(22)26-4)9-12(10)20-16/h5-7H,8-9H2,1-4H3,(H,18,19,20). The molecular formula is C17H20N4O5. The Bertz CT molecular complexity index is 802. The van der Waals surface area contributed by atoms with E-state index in [0.29, 0.717) is 42.0 Å². The Hall–Kier alpha value is -3.23. The molecule has 9 heteroatoms. The van der Waals surface area contributed by atoms with Crippen LogP contribution in [0.15, 0.2) is 18.3 Å². The Morgan fingerprint density at radius 2 is 1.77 bits per heavy atom. The average molecular weight is 360 g/mol. The van der Waals surface area contributed by atoms with E-state index in [-0.39, 0.29) is 6.09 Å². The number of benzene rings is 1. The second-order valence-corrected chi connectivity index (χ2v) is 5.53. The molecular weight excluding hydrogens is 340 g/mol. The van der Waals surface area contributed by atoms with Crippen LogP contribution in [0.5, 0.6) is 17.2 Å². The van der Waals surface area contributed by atoms with Gasteiger partial charge < -0.3 is 24.3 Å². The second-order valence-electron chi connectivity index (χ2n) is 5.53. The van der Waals surface area contributed by atoms with Crippen molar-refractivity contribution >= 4 is 17.7 Å². The SMILES string of the molecule is COC(=O)N1Cc2cnc(Nc3cc(OC)c(OC)c(OC)c3)nc2C1. The zero-order chi connectivity index (χ0) is 18.7. The molecule has 1 N–H and O–H groups in total. The first kappa shape index (κ1) is 17.6. The topological polar surface area (TPSA) is 95.0 Å². The van der Waals surface area contributed by atoms with Gasteiger partial charge in [-0.1, -0.05) is 0 Å². The third-order valence-corrected chi connectivity index (χ3v) is 4.01. The number of nitrogens with zero attached hydrogens (tertiary/aromatic N) is 3. The minimum Gasteiger partial charge on any atom is -0.493 e. The Balaban J connectivity index is 1.84. The van der Waals surface area contributed by atoms with E-state index in [1.165, 1.54) is 7.11 Å². The van der Waals surface area contributed by atoms with E-state index in [0.717, 1.165) is 11.3 Å². The number of ether oxygens (including phenoxy) is 4. The van der Waals surface area contributed by atoms with Crippen molar-refractivity contribution in [2.45, 2.75) is 13.1 Å². The number of nitrogens with one attached hydrogen (secondary N) is 1. The molecule has 0 atom stereocenters. The van der Waals surface area contributed by atoms with Crippen molar-refractivity contribution < 1.29 is 23.7 Å². The third kappa shape index (κ3) is 3.28. The molecule has 2 heterocycles. The average Bonchev–Trinajstić information content (AvgIpc) is 3.09. The van der Waals surface area contributed by atoms with Crippen LogP contribution in [0.25, 0.3) is 0 Å². The normalized spacial score (nSPS) is 12.4. The zero-order valence-corrected chi connectivity index (χ0v) is 15.0. The third-order valence-electron chi connectivity index (χ3n) is 4.01. The summed E-state index contributed by atoms with van der Waals surface area (Å²) < 4.78 is 20.7. The minimum absolute atomic E-state index is 0.383. The number of rotatable bonds is 5. The van der Waals surface area contributed by atoms with E-state index in [1.807, 2.05) is 0 Å². The van der Waals surface area contributed by atoms with E-state index in [1.54, 1.807) is 44.6 Å². The van der Waals surface area contributed by atoms with E-state index in [2.05, 4.69) is 15.3 Å². The van der Waals surface area contributed by atoms with E-state index < -0.39 is 0 Å². The maximum absolute atomic E-state index is 11.7. The van der Waals surface area contributed by atoms with Gasteiger partial charge in [0, 0.05) is 29.6 Å². The summed E-state index contributed by atoms with van der Waals surface area (Å²) in [5.41, 5.74) is 2.36. The molecule has 1 aromatic carbocycles. The predicted octanol–water partition coefficient (Wildman–Crippen LogP) is 2.33. The van der Waals surface area contributed by atoms with Gasteiger partial charge in [0.15, 0.2) is 11.5 Å². The van der Waals surface area contributed by atoms with Crippen molar-refractivity contribution in [3.63, 3.8) is 0 Å².